The lowest BCUT2D eigenvalue weighted by atomic mass is 9.51. The first-order valence-corrected chi connectivity index (χ1v) is 11.0. The number of ketones is 1. The molecule has 0 amide bonds. The molecule has 1 aromatic carbocycles. The van der Waals surface area contributed by atoms with E-state index in [1.807, 2.05) is 19.1 Å². The van der Waals surface area contributed by atoms with Gasteiger partial charge in [0.2, 0.25) is 0 Å². The largest absolute Gasteiger partial charge is 0.508 e. The molecule has 3 aliphatic rings. The third-order valence-electron chi connectivity index (χ3n) is 7.75. The number of phenolic OH excluding ortho intramolecular Hbond substituents is 1. The van der Waals surface area contributed by atoms with E-state index < -0.39 is 11.6 Å². The van der Waals surface area contributed by atoms with Gasteiger partial charge in [0, 0.05) is 23.6 Å². The van der Waals surface area contributed by atoms with Gasteiger partial charge >= 0.3 is 0 Å². The lowest BCUT2D eigenvalue weighted by Gasteiger charge is -2.53. The molecule has 148 valence electrons. The maximum Gasteiger partial charge on any atom is 0.139 e. The second-order valence-corrected chi connectivity index (χ2v) is 9.57. The minimum atomic E-state index is -0.979. The Morgan fingerprint density at radius 2 is 2.11 bits per heavy atom. The summed E-state index contributed by atoms with van der Waals surface area (Å²) >= 11 is 5.83. The maximum atomic E-state index is 15.5. The third kappa shape index (κ3) is 3.20. The summed E-state index contributed by atoms with van der Waals surface area (Å²) < 4.78 is 15.5. The van der Waals surface area contributed by atoms with Crippen molar-refractivity contribution in [1.29, 1.82) is 0 Å². The number of hydrogen-bond donors (Lipinski definition) is 1. The van der Waals surface area contributed by atoms with Crippen molar-refractivity contribution < 1.29 is 14.3 Å². The Morgan fingerprint density at radius 1 is 1.30 bits per heavy atom. The van der Waals surface area contributed by atoms with Crippen LogP contribution in [0.3, 0.4) is 0 Å². The summed E-state index contributed by atoms with van der Waals surface area (Å²) in [5.41, 5.74) is 1.70. The first-order valence-electron chi connectivity index (χ1n) is 10.5. The first kappa shape index (κ1) is 19.2. The molecule has 0 bridgehead atoms. The Hall–Kier alpha value is -1.09. The zero-order chi connectivity index (χ0) is 19.2. The number of fused-ring (bicyclic) bond motifs is 5. The average molecular weight is 393 g/mol. The van der Waals surface area contributed by atoms with Crippen LogP contribution in [-0.4, -0.2) is 22.9 Å². The van der Waals surface area contributed by atoms with E-state index in [-0.39, 0.29) is 23.4 Å². The molecule has 6 atom stereocenters. The lowest BCUT2D eigenvalue weighted by molar-refractivity contribution is -0.132. The number of Topliss-reactive ketones (excluding diaryl/α,β-unsaturated/α-hetero) is 1. The molecule has 4 heteroatoms. The van der Waals surface area contributed by atoms with Crippen molar-refractivity contribution >= 4 is 17.4 Å². The molecule has 0 aliphatic heterocycles. The van der Waals surface area contributed by atoms with E-state index in [9.17, 15) is 9.90 Å². The molecule has 1 N–H and O–H groups in total. The Morgan fingerprint density at radius 3 is 2.89 bits per heavy atom. The molecular formula is C23H30ClFO2. The molecule has 3 aliphatic carbocycles. The van der Waals surface area contributed by atoms with Crippen molar-refractivity contribution in [2.24, 2.45) is 23.2 Å². The Bertz CT molecular complexity index is 720. The van der Waals surface area contributed by atoms with E-state index in [4.69, 9.17) is 11.6 Å². The highest BCUT2D eigenvalue weighted by Crippen LogP contribution is 2.62. The van der Waals surface area contributed by atoms with Crippen molar-refractivity contribution in [1.82, 2.24) is 0 Å². The van der Waals surface area contributed by atoms with Gasteiger partial charge in [0.15, 0.2) is 0 Å². The van der Waals surface area contributed by atoms with Crippen molar-refractivity contribution in [3.8, 4) is 5.75 Å². The van der Waals surface area contributed by atoms with Crippen LogP contribution in [0, 0.1) is 23.2 Å². The first-order chi connectivity index (χ1) is 13.0. The maximum absolute atomic E-state index is 15.5. The van der Waals surface area contributed by atoms with Crippen LogP contribution in [0.2, 0.25) is 0 Å². The molecule has 0 heterocycles. The third-order valence-corrected chi connectivity index (χ3v) is 8.01. The van der Waals surface area contributed by atoms with E-state index in [0.717, 1.165) is 49.7 Å². The second-order valence-electron chi connectivity index (χ2n) is 9.19. The van der Waals surface area contributed by atoms with Crippen LogP contribution in [-0.2, 0) is 11.2 Å². The number of carbonyl (C=O) groups excluding carboxylic acids is 1. The van der Waals surface area contributed by atoms with Gasteiger partial charge in [0.05, 0.1) is 0 Å². The number of carbonyl (C=O) groups is 1. The summed E-state index contributed by atoms with van der Waals surface area (Å²) in [6.45, 7) is 2.02. The molecule has 0 saturated heterocycles. The van der Waals surface area contributed by atoms with Gasteiger partial charge in [0.1, 0.15) is 17.7 Å². The number of aromatic hydroxyl groups is 1. The Labute approximate surface area is 166 Å². The van der Waals surface area contributed by atoms with Crippen LogP contribution in [0.5, 0.6) is 5.75 Å². The fraction of sp³-hybridized carbons (Fsp3) is 0.696. The van der Waals surface area contributed by atoms with Gasteiger partial charge in [0.25, 0.3) is 0 Å². The van der Waals surface area contributed by atoms with Crippen molar-refractivity contribution in [2.75, 3.05) is 5.88 Å². The predicted octanol–water partition coefficient (Wildman–Crippen LogP) is 5.79. The molecule has 0 aromatic heterocycles. The van der Waals surface area contributed by atoms with Crippen molar-refractivity contribution in [3.63, 3.8) is 0 Å². The number of benzene rings is 1. The smallest absolute Gasteiger partial charge is 0.139 e. The van der Waals surface area contributed by atoms with E-state index >= 15 is 4.39 Å². The fourth-order valence-electron chi connectivity index (χ4n) is 6.51. The lowest BCUT2D eigenvalue weighted by Crippen LogP contribution is -2.50. The molecule has 6 unspecified atom stereocenters. The number of unbranched alkanes of at least 4 members (excludes halogenated alkanes) is 2. The van der Waals surface area contributed by atoms with E-state index in [1.54, 1.807) is 6.07 Å². The standard InChI is InChI=1S/C23H30ClFO2/c1-23-13-19(25)22-17-7-6-16(26)12-15(17)11-14(5-3-2-4-10-24)21(22)18(23)8-9-20(23)27/h6-7,12,14,18-19,21-22,26H,2-5,8-11,13H2,1H3. The van der Waals surface area contributed by atoms with Crippen LogP contribution in [0.15, 0.2) is 18.2 Å². The van der Waals surface area contributed by atoms with Gasteiger partial charge in [-0.3, -0.25) is 4.79 Å². The van der Waals surface area contributed by atoms with Crippen LogP contribution in [0.4, 0.5) is 4.39 Å². The molecule has 27 heavy (non-hydrogen) atoms. The van der Waals surface area contributed by atoms with Gasteiger partial charge in [-0.25, -0.2) is 4.39 Å². The highest BCUT2D eigenvalue weighted by Gasteiger charge is 2.60. The molecule has 2 saturated carbocycles. The minimum absolute atomic E-state index is 0.128. The monoisotopic (exact) mass is 392 g/mol. The van der Waals surface area contributed by atoms with Gasteiger partial charge in [-0.2, -0.15) is 0 Å². The van der Waals surface area contributed by atoms with Gasteiger partial charge in [-0.15, -0.1) is 11.6 Å². The summed E-state index contributed by atoms with van der Waals surface area (Å²) in [7, 11) is 0. The van der Waals surface area contributed by atoms with Crippen molar-refractivity contribution in [2.45, 2.75) is 70.4 Å². The van der Waals surface area contributed by atoms with E-state index in [0.29, 0.717) is 30.6 Å². The summed E-state index contributed by atoms with van der Waals surface area (Å²) in [5.74, 6) is 2.01. The molecule has 2 fully saturated rings. The molecular weight excluding hydrogens is 363 g/mol. The van der Waals surface area contributed by atoms with Gasteiger partial charge in [-0.1, -0.05) is 25.8 Å². The molecule has 4 rings (SSSR count). The molecule has 0 radical (unpaired) electrons. The highest BCUT2D eigenvalue weighted by atomic mass is 35.5. The molecule has 1 aromatic rings. The van der Waals surface area contributed by atoms with Crippen LogP contribution in [0.25, 0.3) is 0 Å². The SMILES string of the molecule is CC12CC(F)C3c4ccc(O)cc4CC(CCCCCCl)C3C1CCC2=O. The fourth-order valence-corrected chi connectivity index (χ4v) is 6.70. The van der Waals surface area contributed by atoms with Crippen LogP contribution >= 0.6 is 11.6 Å². The zero-order valence-electron chi connectivity index (χ0n) is 16.1. The number of phenols is 1. The van der Waals surface area contributed by atoms with Gasteiger partial charge < -0.3 is 5.11 Å². The number of alkyl halides is 2. The molecule has 2 nitrogen and oxygen atoms in total. The topological polar surface area (TPSA) is 37.3 Å². The number of rotatable bonds is 5. The second kappa shape index (κ2) is 7.39. The van der Waals surface area contributed by atoms with Crippen LogP contribution < -0.4 is 0 Å². The molecule has 0 spiro atoms. The van der Waals surface area contributed by atoms with Crippen molar-refractivity contribution in [3.05, 3.63) is 29.3 Å². The number of hydrogen-bond acceptors (Lipinski definition) is 2. The predicted molar refractivity (Wildman–Crippen MR) is 106 cm³/mol. The summed E-state index contributed by atoms with van der Waals surface area (Å²) in [6.07, 6.45) is 6.06. The minimum Gasteiger partial charge on any atom is -0.508 e. The quantitative estimate of drug-likeness (QED) is 0.508. The van der Waals surface area contributed by atoms with E-state index in [1.165, 1.54) is 0 Å². The van der Waals surface area contributed by atoms with E-state index in [2.05, 4.69) is 0 Å². The number of halogens is 2. The average Bonchev–Trinajstić information content (AvgIpc) is 2.92. The van der Waals surface area contributed by atoms with Crippen LogP contribution in [0.1, 0.15) is 68.9 Å². The highest BCUT2D eigenvalue weighted by molar-refractivity contribution is 6.17. The van der Waals surface area contributed by atoms with Gasteiger partial charge in [-0.05, 0) is 73.1 Å². The summed E-state index contributed by atoms with van der Waals surface area (Å²) in [6, 6.07) is 5.45. The zero-order valence-corrected chi connectivity index (χ0v) is 16.9. The summed E-state index contributed by atoms with van der Waals surface area (Å²) in [4.78, 5) is 12.6. The normalized spacial score (nSPS) is 37.6. The Kier molecular flexibility index (Phi) is 5.26. The Balaban J connectivity index is 1.70. The summed E-state index contributed by atoms with van der Waals surface area (Å²) in [5, 5.41) is 9.96.